The van der Waals surface area contributed by atoms with Crippen molar-refractivity contribution in [1.82, 2.24) is 10.2 Å². The van der Waals surface area contributed by atoms with Gasteiger partial charge in [0.1, 0.15) is 11.5 Å². The van der Waals surface area contributed by atoms with E-state index in [-0.39, 0.29) is 23.5 Å². The highest BCUT2D eigenvalue weighted by atomic mass is 19.4. The molecule has 1 N–H and O–H groups in total. The number of rotatable bonds is 16. The summed E-state index contributed by atoms with van der Waals surface area (Å²) >= 11 is 0. The van der Waals surface area contributed by atoms with Crippen molar-refractivity contribution in [3.63, 3.8) is 0 Å². The zero-order chi connectivity index (χ0) is 35.4. The monoisotopic (exact) mass is 680 g/mol. The molecule has 0 saturated carbocycles. The number of nitrogens with zero attached hydrogens (tertiary/aromatic N) is 1. The van der Waals surface area contributed by atoms with Gasteiger partial charge in [0.15, 0.2) is 5.78 Å². The van der Waals surface area contributed by atoms with Crippen LogP contribution in [-0.2, 0) is 22.1 Å². The molecule has 3 aromatic carbocycles. The molecule has 264 valence electrons. The zero-order valence-electron chi connectivity index (χ0n) is 28.6. The highest BCUT2D eigenvalue weighted by molar-refractivity contribution is 5.96. The fraction of sp³-hybridized carbons (Fsp3) is 0.436. The van der Waals surface area contributed by atoms with E-state index in [1.807, 2.05) is 26.1 Å². The van der Waals surface area contributed by atoms with E-state index in [9.17, 15) is 22.8 Å². The summed E-state index contributed by atoms with van der Waals surface area (Å²) in [5.74, 6) is 0.983. The van der Waals surface area contributed by atoms with Gasteiger partial charge in [-0.15, -0.1) is 0 Å². The number of ether oxygens (including phenoxy) is 3. The molecule has 0 spiro atoms. The van der Waals surface area contributed by atoms with Gasteiger partial charge in [-0.3, -0.25) is 9.59 Å². The summed E-state index contributed by atoms with van der Waals surface area (Å²) in [5, 5.41) is 4.81. The van der Waals surface area contributed by atoms with Crippen LogP contribution in [0.4, 0.5) is 13.2 Å². The third-order valence-electron chi connectivity index (χ3n) is 8.62. The van der Waals surface area contributed by atoms with Crippen LogP contribution in [0.3, 0.4) is 0 Å². The molecular weight excluding hydrogens is 633 g/mol. The summed E-state index contributed by atoms with van der Waals surface area (Å²) in [6.07, 6.45) is 2.29. The van der Waals surface area contributed by atoms with E-state index >= 15 is 0 Å². The van der Waals surface area contributed by atoms with Gasteiger partial charge >= 0.3 is 6.18 Å². The number of amides is 1. The first kappa shape index (κ1) is 37.7. The maximum absolute atomic E-state index is 13.2. The normalized spacial score (nSPS) is 15.9. The molecule has 0 radical (unpaired) electrons. The van der Waals surface area contributed by atoms with E-state index in [4.69, 9.17) is 14.2 Å². The Morgan fingerprint density at radius 2 is 1.71 bits per heavy atom. The van der Waals surface area contributed by atoms with Gasteiger partial charge in [-0.2, -0.15) is 13.2 Å². The first-order valence-electron chi connectivity index (χ1n) is 17.0. The third-order valence-corrected chi connectivity index (χ3v) is 8.62. The lowest BCUT2D eigenvalue weighted by Crippen LogP contribution is -2.41. The lowest BCUT2D eigenvalue weighted by Gasteiger charge is -2.24. The molecule has 1 heterocycles. The second kappa shape index (κ2) is 18.0. The molecule has 1 fully saturated rings. The Morgan fingerprint density at radius 3 is 2.33 bits per heavy atom. The van der Waals surface area contributed by atoms with Crippen LogP contribution in [0, 0.1) is 5.92 Å². The quantitative estimate of drug-likeness (QED) is 0.169. The topological polar surface area (TPSA) is 77.1 Å². The van der Waals surface area contributed by atoms with Gasteiger partial charge in [-0.05, 0) is 97.0 Å². The molecule has 0 bridgehead atoms. The van der Waals surface area contributed by atoms with E-state index in [1.165, 1.54) is 12.1 Å². The fourth-order valence-corrected chi connectivity index (χ4v) is 6.09. The van der Waals surface area contributed by atoms with Crippen LogP contribution in [0.15, 0.2) is 60.7 Å². The average molecular weight is 681 g/mol. The molecule has 1 amide bonds. The van der Waals surface area contributed by atoms with Crippen LogP contribution in [0.1, 0.15) is 77.8 Å². The van der Waals surface area contributed by atoms with Gasteiger partial charge in [0.25, 0.3) is 5.91 Å². The number of hydrogen-bond donors (Lipinski definition) is 1. The molecule has 10 heteroatoms. The first-order chi connectivity index (χ1) is 23.5. The summed E-state index contributed by atoms with van der Waals surface area (Å²) in [6, 6.07) is 14.9. The van der Waals surface area contributed by atoms with Crippen molar-refractivity contribution in [1.29, 1.82) is 0 Å². The summed E-state index contributed by atoms with van der Waals surface area (Å²) in [4.78, 5) is 28.3. The van der Waals surface area contributed by atoms with Crippen LogP contribution < -0.4 is 20.5 Å². The molecule has 1 unspecified atom stereocenters. The SMILES string of the molecule is C=c1ccc(C(=O)NC[C@H]2COCCO2)c(CC)/c1=C/N(C)CC(CCC)CCCC(=O)c1ccc(Oc2ccc(C(F)(F)F)cc2)cc1. The lowest BCUT2D eigenvalue weighted by atomic mass is 9.94. The maximum Gasteiger partial charge on any atom is 0.416 e. The minimum Gasteiger partial charge on any atom is -0.457 e. The fourth-order valence-electron chi connectivity index (χ4n) is 6.09. The minimum absolute atomic E-state index is 0.0307. The molecule has 4 rings (SSSR count). The van der Waals surface area contributed by atoms with Gasteiger partial charge in [0.05, 0.1) is 31.5 Å². The summed E-state index contributed by atoms with van der Waals surface area (Å²) in [6.45, 7) is 11.2. The second-order valence-electron chi connectivity index (χ2n) is 12.5. The molecule has 0 aromatic heterocycles. The number of nitrogens with one attached hydrogen (secondary N) is 1. The molecule has 3 aromatic rings. The average Bonchev–Trinajstić information content (AvgIpc) is 3.08. The zero-order valence-corrected chi connectivity index (χ0v) is 28.6. The number of ketones is 1. The summed E-state index contributed by atoms with van der Waals surface area (Å²) in [5.41, 5.74) is 1.41. The largest absolute Gasteiger partial charge is 0.457 e. The first-order valence-corrected chi connectivity index (χ1v) is 17.0. The minimum atomic E-state index is -4.41. The van der Waals surface area contributed by atoms with Crippen molar-refractivity contribution in [2.24, 2.45) is 5.92 Å². The van der Waals surface area contributed by atoms with Crippen LogP contribution >= 0.6 is 0 Å². The van der Waals surface area contributed by atoms with E-state index < -0.39 is 11.7 Å². The van der Waals surface area contributed by atoms with Crippen LogP contribution in [0.5, 0.6) is 11.5 Å². The molecule has 2 atom stereocenters. The molecule has 1 saturated heterocycles. The van der Waals surface area contributed by atoms with E-state index in [0.29, 0.717) is 62.0 Å². The van der Waals surface area contributed by atoms with Crippen LogP contribution in [-0.4, -0.2) is 62.7 Å². The Hall–Kier alpha value is -4.15. The number of Topliss-reactive ketones (excluding diaryl/α,β-unsaturated/α-hetero) is 1. The Bertz CT molecular complexity index is 1640. The summed E-state index contributed by atoms with van der Waals surface area (Å²) in [7, 11) is 2.04. The smallest absolute Gasteiger partial charge is 0.416 e. The Balaban J connectivity index is 1.32. The predicted molar refractivity (Wildman–Crippen MR) is 185 cm³/mol. The van der Waals surface area contributed by atoms with Gasteiger partial charge in [-0.25, -0.2) is 0 Å². The van der Waals surface area contributed by atoms with Gasteiger partial charge < -0.3 is 24.4 Å². The highest BCUT2D eigenvalue weighted by Gasteiger charge is 2.30. The van der Waals surface area contributed by atoms with Crippen LogP contribution in [0.25, 0.3) is 12.8 Å². The highest BCUT2D eigenvalue weighted by Crippen LogP contribution is 2.31. The Morgan fingerprint density at radius 1 is 1.02 bits per heavy atom. The molecule has 1 aliphatic rings. The molecule has 1 aliphatic heterocycles. The van der Waals surface area contributed by atoms with E-state index in [2.05, 4.69) is 29.9 Å². The number of carbonyl (C=O) groups is 2. The van der Waals surface area contributed by atoms with Crippen molar-refractivity contribution in [2.45, 2.75) is 64.7 Å². The number of alkyl halides is 3. The van der Waals surface area contributed by atoms with Crippen molar-refractivity contribution in [3.05, 3.63) is 93.4 Å². The molecule has 49 heavy (non-hydrogen) atoms. The van der Waals surface area contributed by atoms with Gasteiger partial charge in [0.2, 0.25) is 0 Å². The molecule has 0 aliphatic carbocycles. The third kappa shape index (κ3) is 11.2. The molecular formula is C39H47F3N2O5. The lowest BCUT2D eigenvalue weighted by molar-refractivity contribution is -0.137. The van der Waals surface area contributed by atoms with Crippen molar-refractivity contribution in [2.75, 3.05) is 40.0 Å². The Labute approximate surface area is 286 Å². The van der Waals surface area contributed by atoms with Crippen molar-refractivity contribution >= 4 is 24.5 Å². The van der Waals surface area contributed by atoms with E-state index in [0.717, 1.165) is 60.4 Å². The maximum atomic E-state index is 13.2. The number of benzene rings is 3. The van der Waals surface area contributed by atoms with Crippen molar-refractivity contribution in [3.8, 4) is 11.5 Å². The number of hydrogen-bond acceptors (Lipinski definition) is 6. The molecule has 7 nitrogen and oxygen atoms in total. The van der Waals surface area contributed by atoms with E-state index in [1.54, 1.807) is 24.3 Å². The van der Waals surface area contributed by atoms with Crippen molar-refractivity contribution < 1.29 is 37.0 Å². The standard InChI is InChI=1S/C39H47F3N2O5/c1-5-8-28(9-7-10-37(45)29-12-16-31(17-13-29)49-32-18-14-30(15-19-32)39(40,41)42)24-44(4)25-36-27(3)11-20-35(34(36)6-2)38(46)43-23-33-26-47-21-22-48-33/h11-20,25,28,33H,3,5-10,21-24,26H2,1-2,4H3,(H,43,46)/b36-25+/t28?,33-/m0/s1. The Kier molecular flexibility index (Phi) is 13.8. The van der Waals surface area contributed by atoms with Gasteiger partial charge in [-0.1, -0.05) is 32.9 Å². The van der Waals surface area contributed by atoms with Crippen LogP contribution in [0.2, 0.25) is 0 Å². The number of halogens is 3. The van der Waals surface area contributed by atoms with Gasteiger partial charge in [0, 0.05) is 49.1 Å². The predicted octanol–water partition coefficient (Wildman–Crippen LogP) is 6.75. The summed E-state index contributed by atoms with van der Waals surface area (Å²) < 4.78 is 55.2. The second-order valence-corrected chi connectivity index (χ2v) is 12.5. The number of carbonyl (C=O) groups excluding carboxylic acids is 2.